The summed E-state index contributed by atoms with van der Waals surface area (Å²) in [6, 6.07) is 0. The van der Waals surface area contributed by atoms with Crippen molar-refractivity contribution in [3.8, 4) is 0 Å². The first-order chi connectivity index (χ1) is 24.1. The second-order valence-electron chi connectivity index (χ2n) is 19.7. The predicted molar refractivity (Wildman–Crippen MR) is 197 cm³/mol. The van der Waals surface area contributed by atoms with E-state index in [1.165, 1.54) is 18.4 Å². The number of rotatable bonds is 8. The molecule has 6 fully saturated rings. The first kappa shape index (κ1) is 36.3. The molecule has 8 nitrogen and oxygen atoms in total. The largest absolute Gasteiger partial charge is 0.393 e. The van der Waals surface area contributed by atoms with Crippen molar-refractivity contribution in [1.29, 1.82) is 0 Å². The molecule has 0 radical (unpaired) electrons. The molecule has 12 atom stereocenters. The van der Waals surface area contributed by atoms with Gasteiger partial charge in [-0.25, -0.2) is 0 Å². The monoisotopic (exact) mass is 706 g/mol. The maximum atomic E-state index is 14.3. The van der Waals surface area contributed by atoms with Crippen molar-refractivity contribution in [2.24, 2.45) is 51.6 Å². The normalized spacial score (nSPS) is 46.9. The average Bonchev–Trinajstić information content (AvgIpc) is 3.62. The van der Waals surface area contributed by atoms with E-state index in [4.69, 9.17) is 15.2 Å². The number of hydrogen-bond donors (Lipinski definition) is 5. The molecule has 3 heterocycles. The van der Waals surface area contributed by atoms with Gasteiger partial charge in [0.2, 0.25) is 0 Å². The molecule has 8 rings (SSSR count). The van der Waals surface area contributed by atoms with Crippen LogP contribution in [0.15, 0.2) is 35.2 Å². The minimum absolute atomic E-state index is 0.0324. The molecule has 0 aromatic rings. The van der Waals surface area contributed by atoms with Gasteiger partial charge in [-0.3, -0.25) is 4.79 Å². The third-order valence-electron chi connectivity index (χ3n) is 17.0. The number of ketones is 1. The number of allylic oxidation sites excluding steroid dienone is 3. The van der Waals surface area contributed by atoms with Crippen LogP contribution in [0.1, 0.15) is 131 Å². The lowest BCUT2D eigenvalue weighted by atomic mass is 9.42. The number of carbonyl (C=O) groups is 1. The summed E-state index contributed by atoms with van der Waals surface area (Å²) in [5, 5.41) is 39.7. The Kier molecular flexibility index (Phi) is 8.83. The van der Waals surface area contributed by atoms with Gasteiger partial charge in [0, 0.05) is 24.5 Å². The van der Waals surface area contributed by atoms with Gasteiger partial charge in [-0.1, -0.05) is 46.6 Å². The SMILES string of the molecule is CC1CCOC(C2OC2C(C)(O)C(C)(C)CCC2=CCNC(N)=C2)(C2CCC3(O)C4=CC(=O)C5CC(O)CCC5(C5CCCC5)C4CCC23C)C1. The molecule has 0 amide bonds. The third kappa shape index (κ3) is 5.33. The molecule has 2 saturated heterocycles. The number of nitrogens with two attached hydrogens (primary N) is 1. The number of ether oxygens (including phenoxy) is 2. The standard InChI is InChI=1S/C43H66N2O6/c1-26-15-21-50-42(25-26,37-36(51-37)40(5,48)38(2,3)16-10-27-14-20-45-35(44)22-27)34-13-19-43(49)31-24-33(47)32-23-29(46)11-18-41(32,28-8-6-7-9-28)30(31)12-17-39(34,43)4/h14,22,24,26,28-30,32,34,36-37,45-46,48-49H,6-13,15-21,23,25,44H2,1-5H3. The molecule has 8 aliphatic rings. The van der Waals surface area contributed by atoms with E-state index in [0.29, 0.717) is 37.1 Å². The Morgan fingerprint density at radius 3 is 2.51 bits per heavy atom. The molecule has 0 aromatic heterocycles. The Balaban J connectivity index is 1.10. The molecule has 0 spiro atoms. The van der Waals surface area contributed by atoms with E-state index in [2.05, 4.69) is 39.1 Å². The highest BCUT2D eigenvalue weighted by atomic mass is 16.6. The van der Waals surface area contributed by atoms with Crippen molar-refractivity contribution in [3.63, 3.8) is 0 Å². The number of fused-ring (bicyclic) bond motifs is 5. The van der Waals surface area contributed by atoms with Crippen molar-refractivity contribution in [3.05, 3.63) is 35.2 Å². The molecule has 0 aromatic carbocycles. The number of carbonyl (C=O) groups excluding carboxylic acids is 1. The van der Waals surface area contributed by atoms with Crippen LogP contribution in [0.2, 0.25) is 0 Å². The number of dihydropyridines is 1. The van der Waals surface area contributed by atoms with E-state index in [9.17, 15) is 20.1 Å². The summed E-state index contributed by atoms with van der Waals surface area (Å²) in [5.41, 5.74) is 4.36. The number of nitrogens with one attached hydrogen (secondary N) is 1. The molecule has 4 saturated carbocycles. The summed E-state index contributed by atoms with van der Waals surface area (Å²) >= 11 is 0. The Labute approximate surface area is 306 Å². The van der Waals surface area contributed by atoms with E-state index in [-0.39, 0.29) is 41.2 Å². The lowest BCUT2D eigenvalue weighted by molar-refractivity contribution is -0.196. The van der Waals surface area contributed by atoms with Crippen LogP contribution >= 0.6 is 0 Å². The first-order valence-corrected chi connectivity index (χ1v) is 20.7. The lowest BCUT2D eigenvalue weighted by Gasteiger charge is -2.63. The smallest absolute Gasteiger partial charge is 0.159 e. The van der Waals surface area contributed by atoms with Crippen LogP contribution in [0.5, 0.6) is 0 Å². The van der Waals surface area contributed by atoms with Gasteiger partial charge in [-0.15, -0.1) is 0 Å². The van der Waals surface area contributed by atoms with Crippen molar-refractivity contribution in [2.45, 2.75) is 166 Å². The maximum absolute atomic E-state index is 14.3. The van der Waals surface area contributed by atoms with Gasteiger partial charge >= 0.3 is 0 Å². The highest BCUT2D eigenvalue weighted by Gasteiger charge is 2.75. The summed E-state index contributed by atoms with van der Waals surface area (Å²) < 4.78 is 13.8. The van der Waals surface area contributed by atoms with Crippen LogP contribution in [-0.2, 0) is 14.3 Å². The summed E-state index contributed by atoms with van der Waals surface area (Å²) in [6.45, 7) is 12.2. The predicted octanol–water partition coefficient (Wildman–Crippen LogP) is 6.23. The number of aliphatic hydroxyl groups is 3. The van der Waals surface area contributed by atoms with Crippen LogP contribution in [-0.4, -0.2) is 69.4 Å². The zero-order valence-corrected chi connectivity index (χ0v) is 32.0. The Hall–Kier alpha value is -1.71. The van der Waals surface area contributed by atoms with Crippen LogP contribution in [0.4, 0.5) is 0 Å². The molecule has 284 valence electrons. The van der Waals surface area contributed by atoms with Gasteiger partial charge in [0.05, 0.1) is 23.1 Å². The van der Waals surface area contributed by atoms with Crippen molar-refractivity contribution < 1.29 is 29.6 Å². The zero-order chi connectivity index (χ0) is 36.2. The average molecular weight is 707 g/mol. The molecule has 51 heavy (non-hydrogen) atoms. The zero-order valence-electron chi connectivity index (χ0n) is 32.0. The molecule has 5 aliphatic carbocycles. The fraction of sp³-hybridized carbons (Fsp3) is 0.837. The van der Waals surface area contributed by atoms with Gasteiger partial charge in [0.1, 0.15) is 17.8 Å². The number of hydrogen-bond acceptors (Lipinski definition) is 8. The van der Waals surface area contributed by atoms with Crippen molar-refractivity contribution in [1.82, 2.24) is 5.32 Å². The topological polar surface area (TPSA) is 138 Å². The minimum Gasteiger partial charge on any atom is -0.393 e. The maximum Gasteiger partial charge on any atom is 0.159 e. The van der Waals surface area contributed by atoms with E-state index in [1.807, 2.05) is 19.1 Å². The van der Waals surface area contributed by atoms with Gasteiger partial charge in [-0.2, -0.15) is 0 Å². The second kappa shape index (κ2) is 12.4. The molecular weight excluding hydrogens is 640 g/mol. The summed E-state index contributed by atoms with van der Waals surface area (Å²) in [7, 11) is 0. The van der Waals surface area contributed by atoms with Gasteiger partial charge in [0.15, 0.2) is 5.78 Å². The van der Waals surface area contributed by atoms with Crippen LogP contribution < -0.4 is 11.1 Å². The molecule has 8 heteroatoms. The van der Waals surface area contributed by atoms with Crippen LogP contribution in [0.25, 0.3) is 0 Å². The molecule has 3 aliphatic heterocycles. The van der Waals surface area contributed by atoms with E-state index in [0.717, 1.165) is 82.7 Å². The number of aliphatic hydroxyl groups excluding tert-OH is 1. The fourth-order valence-electron chi connectivity index (χ4n) is 13.6. The Bertz CT molecular complexity index is 1490. The van der Waals surface area contributed by atoms with Gasteiger partial charge in [-0.05, 0) is 148 Å². The summed E-state index contributed by atoms with van der Waals surface area (Å²) in [6.07, 6.45) is 18.7. The molecular formula is C43H66N2O6. The van der Waals surface area contributed by atoms with Crippen LogP contribution in [0, 0.1) is 45.8 Å². The highest BCUT2D eigenvalue weighted by Crippen LogP contribution is 2.72. The molecule has 12 unspecified atom stereocenters. The van der Waals surface area contributed by atoms with E-state index < -0.39 is 33.7 Å². The third-order valence-corrected chi connectivity index (χ3v) is 17.0. The highest BCUT2D eigenvalue weighted by molar-refractivity contribution is 5.95. The summed E-state index contributed by atoms with van der Waals surface area (Å²) in [4.78, 5) is 14.3. The Morgan fingerprint density at radius 2 is 1.78 bits per heavy atom. The van der Waals surface area contributed by atoms with Crippen LogP contribution in [0.3, 0.4) is 0 Å². The van der Waals surface area contributed by atoms with Crippen molar-refractivity contribution in [2.75, 3.05) is 13.2 Å². The Morgan fingerprint density at radius 1 is 1.02 bits per heavy atom. The molecule has 0 bridgehead atoms. The quantitative estimate of drug-likeness (QED) is 0.188. The lowest BCUT2D eigenvalue weighted by Crippen LogP contribution is -2.64. The summed E-state index contributed by atoms with van der Waals surface area (Å²) in [5.74, 6) is 1.83. The number of epoxide rings is 1. The van der Waals surface area contributed by atoms with Crippen molar-refractivity contribution >= 4 is 5.78 Å². The van der Waals surface area contributed by atoms with E-state index >= 15 is 0 Å². The van der Waals surface area contributed by atoms with Gasteiger partial charge < -0.3 is 35.8 Å². The minimum atomic E-state index is -1.10. The van der Waals surface area contributed by atoms with Gasteiger partial charge in [0.25, 0.3) is 0 Å². The second-order valence-corrected chi connectivity index (χ2v) is 19.7. The van der Waals surface area contributed by atoms with E-state index in [1.54, 1.807) is 0 Å². The fourth-order valence-corrected chi connectivity index (χ4v) is 13.6. The first-order valence-electron chi connectivity index (χ1n) is 20.7. The molecule has 6 N–H and O–H groups in total.